The molecule has 0 radical (unpaired) electrons. The average molecular weight is 280 g/mol. The highest BCUT2D eigenvalue weighted by Crippen LogP contribution is 2.11. The average Bonchev–Trinajstić information content (AvgIpc) is 2.36. The Balaban J connectivity index is 2.53. The van der Waals surface area contributed by atoms with E-state index in [1.807, 2.05) is 0 Å². The molecule has 0 spiro atoms. The molecule has 0 fully saturated rings. The molecule has 1 aromatic heterocycles. The van der Waals surface area contributed by atoms with Crippen LogP contribution >= 0.6 is 0 Å². The summed E-state index contributed by atoms with van der Waals surface area (Å²) in [7, 11) is 1.49. The van der Waals surface area contributed by atoms with E-state index in [-0.39, 0.29) is 0 Å². The zero-order chi connectivity index (χ0) is 15.2. The number of carbonyl (C=O) groups is 2. The van der Waals surface area contributed by atoms with Crippen molar-refractivity contribution in [3.05, 3.63) is 23.4 Å². The largest absolute Gasteiger partial charge is 0.481 e. The highest BCUT2D eigenvalue weighted by Gasteiger charge is 2.15. The first kappa shape index (κ1) is 15.9. The van der Waals surface area contributed by atoms with Crippen molar-refractivity contribution in [3.63, 3.8) is 0 Å². The van der Waals surface area contributed by atoms with Crippen LogP contribution in [0.2, 0.25) is 0 Å². The number of amides is 1. The number of alkyl carbamates (subject to hydrolysis) is 1. The molecule has 1 rings (SSSR count). The van der Waals surface area contributed by atoms with Crippen LogP contribution in [0.15, 0.2) is 12.1 Å². The summed E-state index contributed by atoms with van der Waals surface area (Å²) in [5.74, 6) is 0.377. The molecule has 110 valence electrons. The molecule has 0 aliphatic heterocycles. The molecule has 1 N–H and O–H groups in total. The highest BCUT2D eigenvalue weighted by molar-refractivity contribution is 5.75. The standard InChI is InChI=1S/C14H20N2O4/c1-14(2,3)20-13(18)15-6-5-11-7-10(9-17)8-12(16-11)19-4/h7-9H,5-6H2,1-4H3,(H,15,18). The third-order valence-corrected chi connectivity index (χ3v) is 2.27. The van der Waals surface area contributed by atoms with Crippen LogP contribution in [0, 0.1) is 0 Å². The second-order valence-electron chi connectivity index (χ2n) is 5.23. The van der Waals surface area contributed by atoms with Crippen molar-refractivity contribution in [1.29, 1.82) is 0 Å². The zero-order valence-corrected chi connectivity index (χ0v) is 12.2. The van der Waals surface area contributed by atoms with Gasteiger partial charge in [-0.05, 0) is 26.8 Å². The highest BCUT2D eigenvalue weighted by atomic mass is 16.6. The van der Waals surface area contributed by atoms with Gasteiger partial charge >= 0.3 is 6.09 Å². The first-order chi connectivity index (χ1) is 9.34. The van der Waals surface area contributed by atoms with Gasteiger partial charge in [-0.3, -0.25) is 4.79 Å². The van der Waals surface area contributed by atoms with Crippen LogP contribution < -0.4 is 10.1 Å². The minimum absolute atomic E-state index is 0.368. The number of aldehydes is 1. The Morgan fingerprint density at radius 1 is 1.40 bits per heavy atom. The Labute approximate surface area is 118 Å². The number of hydrogen-bond donors (Lipinski definition) is 1. The Morgan fingerprint density at radius 2 is 2.10 bits per heavy atom. The summed E-state index contributed by atoms with van der Waals surface area (Å²) in [4.78, 5) is 26.5. The summed E-state index contributed by atoms with van der Waals surface area (Å²) in [6, 6.07) is 3.21. The number of rotatable bonds is 5. The number of nitrogens with zero attached hydrogens (tertiary/aromatic N) is 1. The molecule has 6 nitrogen and oxygen atoms in total. The van der Waals surface area contributed by atoms with Crippen LogP contribution in [0.25, 0.3) is 0 Å². The fourth-order valence-corrected chi connectivity index (χ4v) is 1.49. The van der Waals surface area contributed by atoms with E-state index in [1.54, 1.807) is 32.9 Å². The number of ether oxygens (including phenoxy) is 2. The predicted molar refractivity (Wildman–Crippen MR) is 74.1 cm³/mol. The fourth-order valence-electron chi connectivity index (χ4n) is 1.49. The van der Waals surface area contributed by atoms with Gasteiger partial charge in [0.1, 0.15) is 11.9 Å². The molecule has 0 aliphatic carbocycles. The van der Waals surface area contributed by atoms with Crippen molar-refractivity contribution in [3.8, 4) is 5.88 Å². The fraction of sp³-hybridized carbons (Fsp3) is 0.500. The molecule has 0 aromatic carbocycles. The van der Waals surface area contributed by atoms with Gasteiger partial charge in [-0.1, -0.05) is 0 Å². The van der Waals surface area contributed by atoms with Crippen molar-refractivity contribution in [2.45, 2.75) is 32.8 Å². The summed E-state index contributed by atoms with van der Waals surface area (Å²) in [5.41, 5.74) is 0.634. The lowest BCUT2D eigenvalue weighted by Gasteiger charge is -2.19. The molecule has 1 heterocycles. The van der Waals surface area contributed by atoms with Gasteiger partial charge in [0.2, 0.25) is 5.88 Å². The lowest BCUT2D eigenvalue weighted by molar-refractivity contribution is 0.0528. The second-order valence-corrected chi connectivity index (χ2v) is 5.23. The van der Waals surface area contributed by atoms with Crippen LogP contribution in [-0.2, 0) is 11.2 Å². The van der Waals surface area contributed by atoms with Crippen LogP contribution in [-0.4, -0.2) is 36.6 Å². The first-order valence-electron chi connectivity index (χ1n) is 6.31. The monoisotopic (exact) mass is 280 g/mol. The number of nitrogens with one attached hydrogen (secondary N) is 1. The SMILES string of the molecule is COc1cc(C=O)cc(CCNC(=O)OC(C)(C)C)n1. The van der Waals surface area contributed by atoms with Gasteiger partial charge in [-0.2, -0.15) is 0 Å². The van der Waals surface area contributed by atoms with Gasteiger partial charge in [-0.25, -0.2) is 9.78 Å². The molecule has 1 aromatic rings. The van der Waals surface area contributed by atoms with Gasteiger partial charge in [0.25, 0.3) is 0 Å². The van der Waals surface area contributed by atoms with Crippen LogP contribution in [0.1, 0.15) is 36.8 Å². The lowest BCUT2D eigenvalue weighted by Crippen LogP contribution is -2.33. The normalized spacial score (nSPS) is 10.8. The third kappa shape index (κ3) is 5.69. The molecule has 0 bridgehead atoms. The number of methoxy groups -OCH3 is 1. The summed E-state index contributed by atoms with van der Waals surface area (Å²) >= 11 is 0. The van der Waals surface area contributed by atoms with Crippen LogP contribution in [0.4, 0.5) is 4.79 Å². The minimum Gasteiger partial charge on any atom is -0.481 e. The van der Waals surface area contributed by atoms with Crippen LogP contribution in [0.3, 0.4) is 0 Å². The lowest BCUT2D eigenvalue weighted by atomic mass is 10.2. The predicted octanol–water partition coefficient (Wildman–Crippen LogP) is 1.97. The third-order valence-electron chi connectivity index (χ3n) is 2.27. The maximum atomic E-state index is 11.5. The molecule has 20 heavy (non-hydrogen) atoms. The molecule has 0 atom stereocenters. The van der Waals surface area contributed by atoms with Crippen molar-refractivity contribution < 1.29 is 19.1 Å². The van der Waals surface area contributed by atoms with Gasteiger partial charge < -0.3 is 14.8 Å². The van der Waals surface area contributed by atoms with E-state index in [4.69, 9.17) is 9.47 Å². The topological polar surface area (TPSA) is 77.5 Å². The van der Waals surface area contributed by atoms with E-state index in [1.165, 1.54) is 7.11 Å². The van der Waals surface area contributed by atoms with E-state index in [0.29, 0.717) is 30.1 Å². The maximum absolute atomic E-state index is 11.5. The molecule has 6 heteroatoms. The van der Waals surface area contributed by atoms with Gasteiger partial charge in [0.05, 0.1) is 7.11 Å². The smallest absolute Gasteiger partial charge is 0.407 e. The molecular weight excluding hydrogens is 260 g/mol. The number of carbonyl (C=O) groups excluding carboxylic acids is 2. The number of aromatic nitrogens is 1. The Kier molecular flexibility index (Phi) is 5.49. The van der Waals surface area contributed by atoms with E-state index in [0.717, 1.165) is 6.29 Å². The number of pyridine rings is 1. The van der Waals surface area contributed by atoms with Crippen LogP contribution in [0.5, 0.6) is 5.88 Å². The van der Waals surface area contributed by atoms with Crippen molar-refractivity contribution in [1.82, 2.24) is 10.3 Å². The molecular formula is C14H20N2O4. The van der Waals surface area contributed by atoms with E-state index in [2.05, 4.69) is 10.3 Å². The summed E-state index contributed by atoms with van der Waals surface area (Å²) < 4.78 is 10.1. The van der Waals surface area contributed by atoms with Gasteiger partial charge in [-0.15, -0.1) is 0 Å². The van der Waals surface area contributed by atoms with Crippen molar-refractivity contribution in [2.24, 2.45) is 0 Å². The molecule has 0 saturated carbocycles. The minimum atomic E-state index is -0.525. The summed E-state index contributed by atoms with van der Waals surface area (Å²) in [6.45, 7) is 5.76. The Hall–Kier alpha value is -2.11. The molecule has 1 amide bonds. The van der Waals surface area contributed by atoms with E-state index >= 15 is 0 Å². The molecule has 0 aliphatic rings. The summed E-state index contributed by atoms with van der Waals surface area (Å²) in [5, 5.41) is 2.63. The summed E-state index contributed by atoms with van der Waals surface area (Å²) in [6.07, 6.45) is 0.739. The van der Waals surface area contributed by atoms with Gasteiger partial charge in [0, 0.05) is 30.3 Å². The maximum Gasteiger partial charge on any atom is 0.407 e. The Morgan fingerprint density at radius 3 is 2.65 bits per heavy atom. The molecule has 0 saturated heterocycles. The molecule has 0 unspecified atom stereocenters. The van der Waals surface area contributed by atoms with Crippen molar-refractivity contribution in [2.75, 3.05) is 13.7 Å². The van der Waals surface area contributed by atoms with Gasteiger partial charge in [0.15, 0.2) is 0 Å². The van der Waals surface area contributed by atoms with Crippen molar-refractivity contribution >= 4 is 12.4 Å². The van der Waals surface area contributed by atoms with E-state index < -0.39 is 11.7 Å². The Bertz CT molecular complexity index is 481. The zero-order valence-electron chi connectivity index (χ0n) is 12.2. The second kappa shape index (κ2) is 6.88. The number of hydrogen-bond acceptors (Lipinski definition) is 5. The first-order valence-corrected chi connectivity index (χ1v) is 6.31. The van der Waals surface area contributed by atoms with E-state index in [9.17, 15) is 9.59 Å². The quantitative estimate of drug-likeness (QED) is 0.834.